The third-order valence-corrected chi connectivity index (χ3v) is 6.48. The van der Waals surface area contributed by atoms with E-state index >= 15 is 0 Å². The van der Waals surface area contributed by atoms with E-state index in [0.29, 0.717) is 31.6 Å². The first-order valence-corrected chi connectivity index (χ1v) is 12.5. The van der Waals surface area contributed by atoms with Crippen molar-refractivity contribution in [2.75, 3.05) is 6.54 Å². The molecule has 0 spiro atoms. The third-order valence-electron chi connectivity index (χ3n) is 6.48. The molecule has 2 aliphatic heterocycles. The molecule has 186 valence electrons. The van der Waals surface area contributed by atoms with E-state index < -0.39 is 12.1 Å². The number of amides is 3. The number of fused-ring (bicyclic) bond motifs is 1. The van der Waals surface area contributed by atoms with Crippen LogP contribution in [0.2, 0.25) is 0 Å². The Balaban J connectivity index is 1.67. The normalized spacial score (nSPS) is 21.6. The van der Waals surface area contributed by atoms with Gasteiger partial charge in [-0.05, 0) is 51.0 Å². The maximum absolute atomic E-state index is 13.2. The van der Waals surface area contributed by atoms with E-state index in [2.05, 4.69) is 41.4 Å². The molecule has 8 nitrogen and oxygen atoms in total. The summed E-state index contributed by atoms with van der Waals surface area (Å²) in [4.78, 5) is 49.9. The van der Waals surface area contributed by atoms with Crippen molar-refractivity contribution in [2.45, 2.75) is 97.7 Å². The Morgan fingerprint density at radius 3 is 2.62 bits per heavy atom. The van der Waals surface area contributed by atoms with Crippen molar-refractivity contribution >= 4 is 29.3 Å². The Bertz CT molecular complexity index is 925. The quantitative estimate of drug-likeness (QED) is 0.570. The number of carbonyl (C=O) groups excluding carboxylic acids is 3. The summed E-state index contributed by atoms with van der Waals surface area (Å²) in [5.41, 5.74) is 1.71. The fourth-order valence-corrected chi connectivity index (χ4v) is 4.33. The first kappa shape index (κ1) is 25.8. The minimum Gasteiger partial charge on any atom is -0.345 e. The van der Waals surface area contributed by atoms with Gasteiger partial charge in [0, 0.05) is 25.4 Å². The number of hydrogen-bond acceptors (Lipinski definition) is 5. The minimum atomic E-state index is -0.936. The van der Waals surface area contributed by atoms with Crippen LogP contribution < -0.4 is 10.6 Å². The molecule has 2 heterocycles. The second-order valence-corrected chi connectivity index (χ2v) is 10.8. The molecule has 3 atom stereocenters. The molecule has 3 amide bonds. The second-order valence-electron chi connectivity index (χ2n) is 10.8. The molecule has 0 unspecified atom stereocenters. The van der Waals surface area contributed by atoms with Crippen LogP contribution in [-0.2, 0) is 14.4 Å². The van der Waals surface area contributed by atoms with Crippen molar-refractivity contribution in [2.24, 2.45) is 15.4 Å². The molecule has 1 fully saturated rings. The van der Waals surface area contributed by atoms with Gasteiger partial charge in [0.25, 0.3) is 0 Å². The van der Waals surface area contributed by atoms with Crippen molar-refractivity contribution in [3.63, 3.8) is 0 Å². The first-order valence-electron chi connectivity index (χ1n) is 12.5. The van der Waals surface area contributed by atoms with Crippen LogP contribution in [0.25, 0.3) is 0 Å². The van der Waals surface area contributed by atoms with Crippen LogP contribution in [0.1, 0.15) is 79.6 Å². The Kier molecular flexibility index (Phi) is 8.44. The van der Waals surface area contributed by atoms with E-state index in [4.69, 9.17) is 0 Å². The van der Waals surface area contributed by atoms with E-state index in [9.17, 15) is 14.4 Å². The summed E-state index contributed by atoms with van der Waals surface area (Å²) in [7, 11) is 0. The van der Waals surface area contributed by atoms with Crippen molar-refractivity contribution in [3.8, 4) is 0 Å². The monoisotopic (exact) mass is 469 g/mol. The first-order chi connectivity index (χ1) is 16.0. The maximum atomic E-state index is 13.2. The zero-order valence-electron chi connectivity index (χ0n) is 21.2. The summed E-state index contributed by atoms with van der Waals surface area (Å²) in [5.74, 6) is -0.175. The van der Waals surface area contributed by atoms with E-state index in [1.807, 2.05) is 37.0 Å². The molecule has 0 aromatic heterocycles. The number of likely N-dealkylation sites (tertiary alicyclic amines) is 1. The van der Waals surface area contributed by atoms with E-state index in [1.54, 1.807) is 0 Å². The molecule has 34 heavy (non-hydrogen) atoms. The summed E-state index contributed by atoms with van der Waals surface area (Å²) >= 11 is 0. The molecule has 1 saturated heterocycles. The predicted octanol–water partition coefficient (Wildman–Crippen LogP) is 3.29. The predicted molar refractivity (Wildman–Crippen MR) is 135 cm³/mol. The summed E-state index contributed by atoms with van der Waals surface area (Å²) < 4.78 is 0. The number of nitrogens with one attached hydrogen (secondary N) is 2. The number of nitrogens with zero attached hydrogens (tertiary/aromatic N) is 3. The van der Waals surface area contributed by atoms with Crippen LogP contribution in [0.4, 0.5) is 0 Å². The van der Waals surface area contributed by atoms with Crippen molar-refractivity contribution in [3.05, 3.63) is 23.9 Å². The van der Waals surface area contributed by atoms with Gasteiger partial charge in [-0.3, -0.25) is 14.4 Å². The zero-order valence-corrected chi connectivity index (χ0v) is 21.2. The third kappa shape index (κ3) is 7.11. The van der Waals surface area contributed by atoms with Gasteiger partial charge in [-0.2, -0.15) is 0 Å². The number of amidine groups is 1. The highest BCUT2D eigenvalue weighted by Crippen LogP contribution is 2.21. The highest BCUT2D eigenvalue weighted by atomic mass is 16.2. The average molecular weight is 470 g/mol. The smallest absolute Gasteiger partial charge is 0.243 e. The summed E-state index contributed by atoms with van der Waals surface area (Å²) in [6, 6.07) is -1.23. The average Bonchev–Trinajstić information content (AvgIpc) is 3.21. The number of allylic oxidation sites excluding steroid dienone is 4. The number of hydrogen-bond donors (Lipinski definition) is 2. The van der Waals surface area contributed by atoms with Gasteiger partial charge in [-0.1, -0.05) is 32.9 Å². The molecule has 3 rings (SSSR count). The van der Waals surface area contributed by atoms with Gasteiger partial charge in [0.05, 0.1) is 23.9 Å². The fraction of sp³-hybridized carbons (Fsp3) is 0.654. The van der Waals surface area contributed by atoms with E-state index in [-0.39, 0.29) is 35.6 Å². The Morgan fingerprint density at radius 1 is 1.18 bits per heavy atom. The lowest BCUT2D eigenvalue weighted by Crippen LogP contribution is -2.53. The van der Waals surface area contributed by atoms with Crippen LogP contribution in [0.3, 0.4) is 0 Å². The SMILES string of the molecule is C[C@H](NC(=O)[C@H](CC(=O)N1CCCC[C@@H]1C)NC(=O)CCC(C)(C)C)C1=NC2=CC=CCC2=N1. The molecular formula is C26H39N5O3. The van der Waals surface area contributed by atoms with Gasteiger partial charge in [0.2, 0.25) is 17.7 Å². The number of aliphatic imine (C=N–C) groups is 2. The summed E-state index contributed by atoms with van der Waals surface area (Å²) in [6.07, 6.45) is 10.6. The molecule has 0 saturated carbocycles. The number of carbonyl (C=O) groups is 3. The Labute approximate surface area is 203 Å². The maximum Gasteiger partial charge on any atom is 0.243 e. The lowest BCUT2D eigenvalue weighted by Gasteiger charge is -2.34. The highest BCUT2D eigenvalue weighted by Gasteiger charge is 2.31. The molecule has 8 heteroatoms. The van der Waals surface area contributed by atoms with Gasteiger partial charge in [0.1, 0.15) is 6.04 Å². The molecule has 0 radical (unpaired) electrons. The largest absolute Gasteiger partial charge is 0.345 e. The van der Waals surface area contributed by atoms with Crippen molar-refractivity contribution in [1.29, 1.82) is 0 Å². The van der Waals surface area contributed by atoms with Crippen LogP contribution in [0.5, 0.6) is 0 Å². The van der Waals surface area contributed by atoms with Gasteiger partial charge in [0.15, 0.2) is 5.84 Å². The molecule has 1 aliphatic carbocycles. The molecular weight excluding hydrogens is 430 g/mol. The van der Waals surface area contributed by atoms with Crippen LogP contribution >= 0.6 is 0 Å². The van der Waals surface area contributed by atoms with Gasteiger partial charge in [-0.15, -0.1) is 0 Å². The molecule has 3 aliphatic rings. The zero-order chi connectivity index (χ0) is 24.9. The lowest BCUT2D eigenvalue weighted by atomic mass is 9.90. The summed E-state index contributed by atoms with van der Waals surface area (Å²) in [6.45, 7) is 10.8. The van der Waals surface area contributed by atoms with Gasteiger partial charge in [-0.25, -0.2) is 9.98 Å². The summed E-state index contributed by atoms with van der Waals surface area (Å²) in [5, 5.41) is 5.74. The second kappa shape index (κ2) is 11.1. The van der Waals surface area contributed by atoms with Crippen molar-refractivity contribution < 1.29 is 14.4 Å². The van der Waals surface area contributed by atoms with Crippen molar-refractivity contribution in [1.82, 2.24) is 15.5 Å². The Morgan fingerprint density at radius 2 is 1.94 bits per heavy atom. The van der Waals surface area contributed by atoms with Gasteiger partial charge < -0.3 is 15.5 Å². The lowest BCUT2D eigenvalue weighted by molar-refractivity contribution is -0.138. The molecule has 0 aromatic rings. The fourth-order valence-electron chi connectivity index (χ4n) is 4.33. The van der Waals surface area contributed by atoms with Crippen LogP contribution in [0.15, 0.2) is 33.9 Å². The Hall–Kier alpha value is -2.77. The number of piperidine rings is 1. The standard InChI is InChI=1S/C26H39N5O3/c1-17-10-8-9-15-31(17)23(33)16-21(28-22(32)13-14-26(3,4)5)25(34)27-18(2)24-29-19-11-6-7-12-20(19)30-24/h6-7,11,17-18,21H,8-10,12-16H2,1-5H3,(H,27,34)(H,28,32)/t17-,18-,21-/m0/s1. The van der Waals surface area contributed by atoms with Gasteiger partial charge >= 0.3 is 0 Å². The van der Waals surface area contributed by atoms with E-state index in [0.717, 1.165) is 30.7 Å². The molecule has 0 aromatic carbocycles. The molecule has 2 N–H and O–H groups in total. The van der Waals surface area contributed by atoms with E-state index in [1.165, 1.54) is 0 Å². The topological polar surface area (TPSA) is 103 Å². The number of rotatable bonds is 8. The minimum absolute atomic E-state index is 0.00275. The highest BCUT2D eigenvalue weighted by molar-refractivity contribution is 6.15. The van der Waals surface area contributed by atoms with Crippen LogP contribution in [-0.4, -0.2) is 58.8 Å². The van der Waals surface area contributed by atoms with Crippen LogP contribution in [0, 0.1) is 5.41 Å². The molecule has 0 bridgehead atoms.